The van der Waals surface area contributed by atoms with E-state index in [1.807, 2.05) is 0 Å². The predicted molar refractivity (Wildman–Crippen MR) is 83.3 cm³/mol. The zero-order chi connectivity index (χ0) is 17.0. The summed E-state index contributed by atoms with van der Waals surface area (Å²) in [5, 5.41) is 21.0. The van der Waals surface area contributed by atoms with Crippen molar-refractivity contribution in [3.8, 4) is 6.07 Å². The Morgan fingerprint density at radius 2 is 1.87 bits per heavy atom. The Labute approximate surface area is 137 Å². The summed E-state index contributed by atoms with van der Waals surface area (Å²) in [7, 11) is 1.14. The summed E-state index contributed by atoms with van der Waals surface area (Å²) in [6.07, 6.45) is 0. The van der Waals surface area contributed by atoms with E-state index in [2.05, 4.69) is 10.8 Å². The van der Waals surface area contributed by atoms with Crippen molar-refractivity contribution >= 4 is 23.3 Å². The molecule has 6 nitrogen and oxygen atoms in total. The van der Waals surface area contributed by atoms with Crippen LogP contribution in [-0.2, 0) is 4.74 Å². The van der Waals surface area contributed by atoms with Crippen LogP contribution in [0.25, 0.3) is 0 Å². The lowest BCUT2D eigenvalue weighted by Gasteiger charge is -2.11. The van der Waals surface area contributed by atoms with Crippen molar-refractivity contribution in [1.82, 2.24) is 0 Å². The first-order valence-electron chi connectivity index (χ1n) is 6.49. The van der Waals surface area contributed by atoms with Crippen molar-refractivity contribution in [3.05, 3.63) is 74.3 Å². The Bertz CT molecular complexity index is 797. The molecule has 0 saturated carbocycles. The largest absolute Gasteiger partial charge is 0.465 e. The van der Waals surface area contributed by atoms with Gasteiger partial charge in [0.05, 0.1) is 24.0 Å². The van der Waals surface area contributed by atoms with Gasteiger partial charge in [-0.25, -0.2) is 4.79 Å². The van der Waals surface area contributed by atoms with Crippen LogP contribution >= 0.6 is 11.6 Å². The van der Waals surface area contributed by atoms with Gasteiger partial charge in [-0.15, -0.1) is 0 Å². The quantitative estimate of drug-likeness (QED) is 0.484. The van der Waals surface area contributed by atoms with Gasteiger partial charge in [0.15, 0.2) is 0 Å². The van der Waals surface area contributed by atoms with Crippen LogP contribution < -0.4 is 0 Å². The molecular weight excluding hydrogens is 320 g/mol. The number of nitro groups is 1. The molecule has 0 aliphatic rings. The molecule has 1 atom stereocenters. The Hall–Kier alpha value is -2.91. The number of nitriles is 1. The second-order valence-corrected chi connectivity index (χ2v) is 5.08. The molecule has 0 aliphatic heterocycles. The summed E-state index contributed by atoms with van der Waals surface area (Å²) in [5.74, 6) is -1.51. The zero-order valence-corrected chi connectivity index (χ0v) is 12.8. The molecule has 0 spiro atoms. The number of methoxy groups -OCH3 is 1. The van der Waals surface area contributed by atoms with Crippen molar-refractivity contribution in [1.29, 1.82) is 5.26 Å². The first-order chi connectivity index (χ1) is 11.0. The molecule has 0 fully saturated rings. The summed E-state index contributed by atoms with van der Waals surface area (Å²) in [5.41, 5.74) is 0.569. The van der Waals surface area contributed by atoms with E-state index in [0.29, 0.717) is 16.1 Å². The summed E-state index contributed by atoms with van der Waals surface area (Å²) < 4.78 is 4.57. The van der Waals surface area contributed by atoms with E-state index in [0.717, 1.165) is 7.11 Å². The van der Waals surface area contributed by atoms with Gasteiger partial charge in [0.25, 0.3) is 5.69 Å². The van der Waals surface area contributed by atoms with E-state index in [-0.39, 0.29) is 11.3 Å². The summed E-state index contributed by atoms with van der Waals surface area (Å²) >= 11 is 5.83. The van der Waals surface area contributed by atoms with Crippen LogP contribution in [0.5, 0.6) is 0 Å². The number of hydrogen-bond acceptors (Lipinski definition) is 5. The molecule has 0 N–H and O–H groups in total. The highest BCUT2D eigenvalue weighted by molar-refractivity contribution is 6.30. The van der Waals surface area contributed by atoms with Gasteiger partial charge >= 0.3 is 5.97 Å². The molecule has 0 amide bonds. The third-order valence-electron chi connectivity index (χ3n) is 3.29. The molecule has 2 aromatic rings. The first-order valence-corrected chi connectivity index (χ1v) is 6.87. The van der Waals surface area contributed by atoms with Gasteiger partial charge in [-0.05, 0) is 29.3 Å². The van der Waals surface area contributed by atoms with Crippen LogP contribution in [0.15, 0.2) is 42.5 Å². The maximum absolute atomic E-state index is 11.8. The number of esters is 1. The standard InChI is InChI=1S/C16H11ClN2O4/c1-23-16(20)13-8-11(4-7-15(13)19(21)22)14(9-18)10-2-5-12(17)6-3-10/h2-8,14H,1H3. The minimum absolute atomic E-state index is 0.191. The van der Waals surface area contributed by atoms with Crippen LogP contribution in [0.1, 0.15) is 27.4 Å². The van der Waals surface area contributed by atoms with Gasteiger partial charge in [-0.2, -0.15) is 5.26 Å². The molecule has 0 radical (unpaired) electrons. The highest BCUT2D eigenvalue weighted by atomic mass is 35.5. The summed E-state index contributed by atoms with van der Waals surface area (Å²) in [6.45, 7) is 0. The van der Waals surface area contributed by atoms with Gasteiger partial charge in [-0.1, -0.05) is 29.8 Å². The topological polar surface area (TPSA) is 93.2 Å². The molecule has 0 aromatic heterocycles. The molecule has 0 bridgehead atoms. The summed E-state index contributed by atoms with van der Waals surface area (Å²) in [4.78, 5) is 22.1. The van der Waals surface area contributed by atoms with E-state index >= 15 is 0 Å². The number of carbonyl (C=O) groups is 1. The van der Waals surface area contributed by atoms with E-state index in [1.165, 1.54) is 18.2 Å². The smallest absolute Gasteiger partial charge is 0.344 e. The van der Waals surface area contributed by atoms with E-state index in [4.69, 9.17) is 11.6 Å². The third kappa shape index (κ3) is 3.47. The molecule has 7 heteroatoms. The van der Waals surface area contributed by atoms with Gasteiger partial charge < -0.3 is 4.74 Å². The number of ether oxygens (including phenoxy) is 1. The van der Waals surface area contributed by atoms with Crippen LogP contribution in [-0.4, -0.2) is 18.0 Å². The fourth-order valence-electron chi connectivity index (χ4n) is 2.16. The average Bonchev–Trinajstić information content (AvgIpc) is 2.56. The minimum atomic E-state index is -0.827. The molecular formula is C16H11ClN2O4. The van der Waals surface area contributed by atoms with Gasteiger partial charge in [-0.3, -0.25) is 10.1 Å². The molecule has 2 rings (SSSR count). The number of halogens is 1. The van der Waals surface area contributed by atoms with Crippen molar-refractivity contribution < 1.29 is 14.5 Å². The number of nitro benzene ring substituents is 1. The molecule has 116 valence electrons. The molecule has 2 aromatic carbocycles. The van der Waals surface area contributed by atoms with Crippen LogP contribution in [0.4, 0.5) is 5.69 Å². The monoisotopic (exact) mass is 330 g/mol. The Balaban J connectivity index is 2.53. The van der Waals surface area contributed by atoms with E-state index < -0.39 is 16.8 Å². The second-order valence-electron chi connectivity index (χ2n) is 4.64. The Kier molecular flexibility index (Phi) is 4.94. The van der Waals surface area contributed by atoms with Crippen LogP contribution in [0.2, 0.25) is 5.02 Å². The zero-order valence-electron chi connectivity index (χ0n) is 12.0. The number of hydrogen-bond donors (Lipinski definition) is 0. The van der Waals surface area contributed by atoms with E-state index in [1.54, 1.807) is 24.3 Å². The molecule has 0 heterocycles. The van der Waals surface area contributed by atoms with Gasteiger partial charge in [0.1, 0.15) is 5.56 Å². The van der Waals surface area contributed by atoms with Gasteiger partial charge in [0.2, 0.25) is 0 Å². The fourth-order valence-corrected chi connectivity index (χ4v) is 2.29. The minimum Gasteiger partial charge on any atom is -0.465 e. The van der Waals surface area contributed by atoms with E-state index in [9.17, 15) is 20.2 Å². The third-order valence-corrected chi connectivity index (χ3v) is 3.54. The van der Waals surface area contributed by atoms with Crippen LogP contribution in [0, 0.1) is 21.4 Å². The molecule has 0 aliphatic carbocycles. The SMILES string of the molecule is COC(=O)c1cc(C(C#N)c2ccc(Cl)cc2)ccc1[N+](=O)[O-]. The molecule has 23 heavy (non-hydrogen) atoms. The number of benzene rings is 2. The highest BCUT2D eigenvalue weighted by Gasteiger charge is 2.24. The lowest BCUT2D eigenvalue weighted by molar-refractivity contribution is -0.385. The average molecular weight is 331 g/mol. The maximum atomic E-state index is 11.8. The second kappa shape index (κ2) is 6.90. The number of nitrogens with zero attached hydrogens (tertiary/aromatic N) is 2. The molecule has 1 unspecified atom stereocenters. The van der Waals surface area contributed by atoms with Crippen molar-refractivity contribution in [3.63, 3.8) is 0 Å². The van der Waals surface area contributed by atoms with Crippen LogP contribution in [0.3, 0.4) is 0 Å². The Morgan fingerprint density at radius 1 is 1.26 bits per heavy atom. The van der Waals surface area contributed by atoms with Gasteiger partial charge in [0, 0.05) is 11.1 Å². The normalized spacial score (nSPS) is 11.3. The Morgan fingerprint density at radius 3 is 2.39 bits per heavy atom. The number of rotatable bonds is 4. The van der Waals surface area contributed by atoms with Crippen molar-refractivity contribution in [2.75, 3.05) is 7.11 Å². The highest BCUT2D eigenvalue weighted by Crippen LogP contribution is 2.29. The first kappa shape index (κ1) is 16.5. The van der Waals surface area contributed by atoms with Crippen molar-refractivity contribution in [2.45, 2.75) is 5.92 Å². The molecule has 0 saturated heterocycles. The number of carbonyl (C=O) groups excluding carboxylic acids is 1. The lowest BCUT2D eigenvalue weighted by atomic mass is 9.91. The fraction of sp³-hybridized carbons (Fsp3) is 0.125. The maximum Gasteiger partial charge on any atom is 0.344 e. The summed E-state index contributed by atoms with van der Waals surface area (Å²) in [6, 6.07) is 12.8. The van der Waals surface area contributed by atoms with Crippen molar-refractivity contribution in [2.24, 2.45) is 0 Å². The predicted octanol–water partition coefficient (Wildman–Crippen LogP) is 3.69. The lowest BCUT2D eigenvalue weighted by Crippen LogP contribution is -2.08.